The van der Waals surface area contributed by atoms with Gasteiger partial charge in [-0.05, 0) is 30.7 Å². The zero-order valence-electron chi connectivity index (χ0n) is 13.1. The molecule has 0 amide bonds. The highest BCUT2D eigenvalue weighted by atomic mass is 35.5. The van der Waals surface area contributed by atoms with Crippen molar-refractivity contribution >= 4 is 17.6 Å². The summed E-state index contributed by atoms with van der Waals surface area (Å²) in [6.07, 6.45) is 0. The van der Waals surface area contributed by atoms with Crippen molar-refractivity contribution in [1.29, 1.82) is 0 Å². The molecular weight excluding hydrogens is 348 g/mol. The maximum absolute atomic E-state index is 12.0. The zero-order chi connectivity index (χ0) is 18.0. The van der Waals surface area contributed by atoms with Gasteiger partial charge < -0.3 is 19.5 Å². The molecular formula is C17H13ClN2O5. The fraction of sp³-hybridized carbons (Fsp3) is 0.118. The van der Waals surface area contributed by atoms with Crippen LogP contribution in [0.15, 0.2) is 40.9 Å². The number of hydrogen-bond acceptors (Lipinski definition) is 7. The molecule has 0 radical (unpaired) electrons. The van der Waals surface area contributed by atoms with Gasteiger partial charge in [0.05, 0.1) is 10.6 Å². The Balaban J connectivity index is 1.72. The van der Waals surface area contributed by atoms with Crippen molar-refractivity contribution in [2.75, 3.05) is 0 Å². The van der Waals surface area contributed by atoms with Gasteiger partial charge in [-0.15, -0.1) is 0 Å². The minimum absolute atomic E-state index is 0.138. The topological polar surface area (TPSA) is 106 Å². The minimum Gasteiger partial charge on any atom is -0.504 e. The van der Waals surface area contributed by atoms with Gasteiger partial charge in [0, 0.05) is 0 Å². The Morgan fingerprint density at radius 2 is 1.96 bits per heavy atom. The highest BCUT2D eigenvalue weighted by molar-refractivity contribution is 6.33. The summed E-state index contributed by atoms with van der Waals surface area (Å²) in [6.45, 7) is 1.33. The monoisotopic (exact) mass is 360 g/mol. The lowest BCUT2D eigenvalue weighted by molar-refractivity contribution is 0.0455. The molecule has 2 aromatic carbocycles. The number of ether oxygens (including phenoxy) is 1. The number of hydrogen-bond donors (Lipinski definition) is 2. The van der Waals surface area contributed by atoms with Crippen LogP contribution in [0.5, 0.6) is 11.5 Å². The lowest BCUT2D eigenvalue weighted by atomic mass is 10.1. The van der Waals surface area contributed by atoms with Crippen LogP contribution in [0, 0.1) is 6.92 Å². The number of carbonyl (C=O) groups is 1. The molecule has 0 fully saturated rings. The molecule has 0 atom stereocenters. The first kappa shape index (κ1) is 16.8. The number of phenols is 2. The van der Waals surface area contributed by atoms with Gasteiger partial charge in [0.1, 0.15) is 5.56 Å². The van der Waals surface area contributed by atoms with Crippen LogP contribution in [0.25, 0.3) is 11.5 Å². The summed E-state index contributed by atoms with van der Waals surface area (Å²) in [5.74, 6) is -1.38. The predicted octanol–water partition coefficient (Wildman–Crippen LogP) is 3.47. The number of rotatable bonds is 4. The van der Waals surface area contributed by atoms with Gasteiger partial charge >= 0.3 is 5.97 Å². The number of halogens is 1. The van der Waals surface area contributed by atoms with Crippen molar-refractivity contribution in [3.05, 3.63) is 58.4 Å². The summed E-state index contributed by atoms with van der Waals surface area (Å²) in [5.41, 5.74) is 0.852. The van der Waals surface area contributed by atoms with Gasteiger partial charge in [-0.3, -0.25) is 0 Å². The van der Waals surface area contributed by atoms with Crippen LogP contribution >= 0.6 is 11.6 Å². The molecule has 0 saturated heterocycles. The van der Waals surface area contributed by atoms with E-state index in [0.717, 1.165) is 0 Å². The van der Waals surface area contributed by atoms with Crippen LogP contribution in [0.4, 0.5) is 0 Å². The maximum Gasteiger partial charge on any atom is 0.342 e. The maximum atomic E-state index is 12.0. The Labute approximate surface area is 147 Å². The van der Waals surface area contributed by atoms with Crippen molar-refractivity contribution in [3.63, 3.8) is 0 Å². The van der Waals surface area contributed by atoms with Crippen molar-refractivity contribution < 1.29 is 24.3 Å². The van der Waals surface area contributed by atoms with E-state index in [1.54, 1.807) is 31.2 Å². The van der Waals surface area contributed by atoms with Crippen molar-refractivity contribution in [2.45, 2.75) is 13.5 Å². The summed E-state index contributed by atoms with van der Waals surface area (Å²) in [7, 11) is 0. The van der Waals surface area contributed by atoms with Gasteiger partial charge in [-0.2, -0.15) is 4.98 Å². The molecule has 8 heteroatoms. The van der Waals surface area contributed by atoms with Crippen LogP contribution in [0.3, 0.4) is 0 Å². The van der Waals surface area contributed by atoms with E-state index in [4.69, 9.17) is 20.9 Å². The number of aryl methyl sites for hydroxylation is 1. The molecule has 7 nitrogen and oxygen atoms in total. The third kappa shape index (κ3) is 3.41. The Morgan fingerprint density at radius 1 is 1.20 bits per heavy atom. The standard InChI is InChI=1S/C17H13ClN2O5/c1-9-6-7-11(15(22)14(9)21)17(23)24-8-13-19-16(25-20-13)10-4-2-3-5-12(10)18/h2-7,21-22H,8H2,1H3. The first-order valence-corrected chi connectivity index (χ1v) is 7.61. The quantitative estimate of drug-likeness (QED) is 0.542. The van der Waals surface area contributed by atoms with Gasteiger partial charge in [0.2, 0.25) is 5.82 Å². The van der Waals surface area contributed by atoms with E-state index < -0.39 is 11.7 Å². The smallest absolute Gasteiger partial charge is 0.342 e. The number of nitrogens with zero attached hydrogens (tertiary/aromatic N) is 2. The molecule has 0 unspecified atom stereocenters. The third-order valence-corrected chi connectivity index (χ3v) is 3.81. The Morgan fingerprint density at radius 3 is 2.72 bits per heavy atom. The van der Waals surface area contributed by atoms with Crippen molar-refractivity contribution in [1.82, 2.24) is 10.1 Å². The number of phenolic OH excluding ortho intramolecular Hbond substituents is 2. The molecule has 0 aliphatic carbocycles. The predicted molar refractivity (Wildman–Crippen MR) is 88.4 cm³/mol. The summed E-state index contributed by atoms with van der Waals surface area (Å²) < 4.78 is 10.1. The van der Waals surface area contributed by atoms with E-state index in [2.05, 4.69) is 10.1 Å². The van der Waals surface area contributed by atoms with E-state index in [1.165, 1.54) is 12.1 Å². The van der Waals surface area contributed by atoms with E-state index in [1.807, 2.05) is 0 Å². The third-order valence-electron chi connectivity index (χ3n) is 3.48. The lowest BCUT2D eigenvalue weighted by Gasteiger charge is -2.07. The molecule has 2 N–H and O–H groups in total. The van der Waals surface area contributed by atoms with Crippen molar-refractivity contribution in [3.8, 4) is 23.0 Å². The molecule has 1 heterocycles. The Kier molecular flexibility index (Phi) is 4.58. The van der Waals surface area contributed by atoms with E-state index in [-0.39, 0.29) is 29.6 Å². The fourth-order valence-corrected chi connectivity index (χ4v) is 2.33. The highest BCUT2D eigenvalue weighted by Crippen LogP contribution is 2.32. The summed E-state index contributed by atoms with van der Waals surface area (Å²) >= 11 is 6.06. The molecule has 0 saturated carbocycles. The van der Waals surface area contributed by atoms with Gasteiger partial charge in [0.15, 0.2) is 18.1 Å². The van der Waals surface area contributed by atoms with Crippen LogP contribution in [0.2, 0.25) is 5.02 Å². The number of carbonyl (C=O) groups excluding carboxylic acids is 1. The average Bonchev–Trinajstić information content (AvgIpc) is 3.07. The Bertz CT molecular complexity index is 939. The fourth-order valence-electron chi connectivity index (χ4n) is 2.11. The molecule has 0 aliphatic heterocycles. The average molecular weight is 361 g/mol. The molecule has 25 heavy (non-hydrogen) atoms. The molecule has 3 aromatic rings. The summed E-state index contributed by atoms with van der Waals surface area (Å²) in [4.78, 5) is 16.1. The molecule has 128 valence electrons. The van der Waals surface area contributed by atoms with Crippen LogP contribution < -0.4 is 0 Å². The first-order valence-electron chi connectivity index (χ1n) is 7.23. The van der Waals surface area contributed by atoms with Crippen molar-refractivity contribution in [2.24, 2.45) is 0 Å². The minimum atomic E-state index is -0.822. The second-order valence-electron chi connectivity index (χ2n) is 5.20. The number of esters is 1. The van der Waals surface area contributed by atoms with Crippen LogP contribution in [0.1, 0.15) is 21.7 Å². The number of benzene rings is 2. The second-order valence-corrected chi connectivity index (χ2v) is 5.61. The van der Waals surface area contributed by atoms with Gasteiger partial charge in [-0.25, -0.2) is 4.79 Å². The van der Waals surface area contributed by atoms with Crippen LogP contribution in [-0.4, -0.2) is 26.3 Å². The molecule has 3 rings (SSSR count). The normalized spacial score (nSPS) is 10.6. The van der Waals surface area contributed by atoms with E-state index in [0.29, 0.717) is 16.1 Å². The lowest BCUT2D eigenvalue weighted by Crippen LogP contribution is -2.06. The van der Waals surface area contributed by atoms with Crippen LogP contribution in [-0.2, 0) is 11.3 Å². The number of aromatic nitrogens is 2. The Hall–Kier alpha value is -3.06. The number of aromatic hydroxyl groups is 2. The second kappa shape index (κ2) is 6.82. The van der Waals surface area contributed by atoms with E-state index >= 15 is 0 Å². The summed E-state index contributed by atoms with van der Waals surface area (Å²) in [5, 5.41) is 23.7. The first-order chi connectivity index (χ1) is 12.0. The zero-order valence-corrected chi connectivity index (χ0v) is 13.8. The molecule has 0 bridgehead atoms. The molecule has 0 spiro atoms. The largest absolute Gasteiger partial charge is 0.504 e. The van der Waals surface area contributed by atoms with Gasteiger partial charge in [0.25, 0.3) is 5.89 Å². The SMILES string of the molecule is Cc1ccc(C(=O)OCc2noc(-c3ccccc3Cl)n2)c(O)c1O. The van der Waals surface area contributed by atoms with Gasteiger partial charge in [-0.1, -0.05) is 35.0 Å². The van der Waals surface area contributed by atoms with E-state index in [9.17, 15) is 15.0 Å². The highest BCUT2D eigenvalue weighted by Gasteiger charge is 2.19. The summed E-state index contributed by atoms with van der Waals surface area (Å²) in [6, 6.07) is 9.81. The molecule has 1 aromatic heterocycles. The molecule has 0 aliphatic rings.